The Bertz CT molecular complexity index is 1450. The second-order valence-corrected chi connectivity index (χ2v) is 11.1. The van der Waals surface area contributed by atoms with Crippen LogP contribution in [0.4, 0.5) is 30.4 Å². The normalized spacial score (nSPS) is 16.1. The van der Waals surface area contributed by atoms with Gasteiger partial charge in [-0.1, -0.05) is 19.1 Å². The topological polar surface area (TPSA) is 102 Å². The number of hydrogen-bond donors (Lipinski definition) is 3. The Kier molecular flexibility index (Phi) is 9.26. The Morgan fingerprint density at radius 2 is 1.70 bits per heavy atom. The zero-order chi connectivity index (χ0) is 30.6. The molecule has 1 aliphatic carbocycles. The fourth-order valence-corrected chi connectivity index (χ4v) is 4.99. The Hall–Kier alpha value is -4.03. The molecule has 228 valence electrons. The highest BCUT2D eigenvalue weighted by Crippen LogP contribution is 2.34. The number of nitrogens with zero attached hydrogens (tertiary/aromatic N) is 4. The first-order valence-corrected chi connectivity index (χ1v) is 14.5. The highest BCUT2D eigenvalue weighted by Gasteiger charge is 2.35. The van der Waals surface area contributed by atoms with Gasteiger partial charge in [-0.25, -0.2) is 4.98 Å². The number of aromatic nitrogens is 2. The van der Waals surface area contributed by atoms with Crippen molar-refractivity contribution in [3.63, 3.8) is 0 Å². The van der Waals surface area contributed by atoms with E-state index in [-0.39, 0.29) is 29.5 Å². The zero-order valence-corrected chi connectivity index (χ0v) is 24.3. The molecule has 0 atom stereocenters. The van der Waals surface area contributed by atoms with Crippen molar-refractivity contribution in [2.45, 2.75) is 46.0 Å². The number of piperazine rings is 1. The summed E-state index contributed by atoms with van der Waals surface area (Å²) in [4.78, 5) is 37.8. The third-order valence-corrected chi connectivity index (χ3v) is 7.84. The lowest BCUT2D eigenvalue weighted by molar-refractivity contribution is -0.138. The minimum atomic E-state index is -4.58. The van der Waals surface area contributed by atoms with Gasteiger partial charge >= 0.3 is 6.18 Å². The summed E-state index contributed by atoms with van der Waals surface area (Å²) in [5, 5.41) is 8.73. The Labute approximate surface area is 248 Å². The molecule has 5 rings (SSSR count). The van der Waals surface area contributed by atoms with Crippen LogP contribution in [0, 0.1) is 12.8 Å². The molecule has 2 fully saturated rings. The van der Waals surface area contributed by atoms with Gasteiger partial charge in [0.2, 0.25) is 5.91 Å². The smallest absolute Gasteiger partial charge is 0.379 e. The van der Waals surface area contributed by atoms with E-state index >= 15 is 0 Å². The number of hydrogen-bond acceptors (Lipinski definition) is 7. The first kappa shape index (κ1) is 30.4. The van der Waals surface area contributed by atoms with Crippen molar-refractivity contribution in [3.8, 4) is 0 Å². The van der Waals surface area contributed by atoms with Crippen molar-refractivity contribution in [2.75, 3.05) is 48.7 Å². The van der Waals surface area contributed by atoms with E-state index in [9.17, 15) is 22.8 Å². The van der Waals surface area contributed by atoms with E-state index in [1.54, 1.807) is 18.3 Å². The number of carbonyl (C=O) groups is 2. The summed E-state index contributed by atoms with van der Waals surface area (Å²) < 4.78 is 42.1. The van der Waals surface area contributed by atoms with Gasteiger partial charge in [-0.3, -0.25) is 19.5 Å². The number of benzene rings is 2. The first-order chi connectivity index (χ1) is 20.6. The van der Waals surface area contributed by atoms with Crippen LogP contribution in [0.1, 0.15) is 52.5 Å². The van der Waals surface area contributed by atoms with Gasteiger partial charge < -0.3 is 20.9 Å². The fourth-order valence-electron chi connectivity index (χ4n) is 4.99. The van der Waals surface area contributed by atoms with Gasteiger partial charge in [0.1, 0.15) is 0 Å². The third-order valence-electron chi connectivity index (χ3n) is 7.84. The van der Waals surface area contributed by atoms with Crippen molar-refractivity contribution in [2.24, 2.45) is 5.92 Å². The summed E-state index contributed by atoms with van der Waals surface area (Å²) in [5.41, 5.74) is 2.02. The van der Waals surface area contributed by atoms with Crippen molar-refractivity contribution in [1.82, 2.24) is 19.8 Å². The van der Waals surface area contributed by atoms with Crippen LogP contribution in [-0.2, 0) is 24.1 Å². The van der Waals surface area contributed by atoms with Crippen molar-refractivity contribution in [1.29, 1.82) is 0 Å². The number of amides is 2. The second-order valence-electron chi connectivity index (χ2n) is 11.1. The van der Waals surface area contributed by atoms with Crippen LogP contribution in [0.25, 0.3) is 0 Å². The number of rotatable bonds is 10. The van der Waals surface area contributed by atoms with Crippen LogP contribution in [0.15, 0.2) is 48.8 Å². The number of halogens is 3. The molecule has 12 heteroatoms. The molecule has 1 aromatic heterocycles. The monoisotopic (exact) mass is 595 g/mol. The SMILES string of the molecule is CCN1CCN(Cc2ccc(C(=O)Nc3ccc(C)c(NCc4cnc(NC(=O)C5CC5)cn4)c3)cc2C(F)(F)F)CC1. The third kappa shape index (κ3) is 8.08. The maximum absolute atomic E-state index is 14.0. The van der Waals surface area contributed by atoms with E-state index in [1.165, 1.54) is 18.3 Å². The van der Waals surface area contributed by atoms with E-state index in [4.69, 9.17) is 0 Å². The summed E-state index contributed by atoms with van der Waals surface area (Å²) in [6.07, 6.45) is 0.301. The number of aryl methyl sites for hydroxylation is 1. The molecule has 2 heterocycles. The van der Waals surface area contributed by atoms with Crippen LogP contribution in [-0.4, -0.2) is 64.3 Å². The number of nitrogens with one attached hydrogen (secondary N) is 3. The first-order valence-electron chi connectivity index (χ1n) is 14.5. The van der Waals surface area contributed by atoms with Crippen LogP contribution in [0.5, 0.6) is 0 Å². The standard InChI is InChI=1S/C31H36F3N7O2/c1-3-40-10-12-41(13-11-40)19-23-8-7-22(14-26(23)31(32,33)34)30(43)38-24-9-4-20(2)27(15-24)36-16-25-17-37-28(18-35-25)39-29(42)21-5-6-21/h4,7-9,14-15,17-18,21,36H,3,5-6,10-13,16,19H2,1-2H3,(H,38,43)(H,37,39,42). The molecule has 2 amide bonds. The van der Waals surface area contributed by atoms with Gasteiger partial charge in [0.05, 0.1) is 30.2 Å². The summed E-state index contributed by atoms with van der Waals surface area (Å²) in [5.74, 6) is -0.195. The molecule has 0 bridgehead atoms. The van der Waals surface area contributed by atoms with Crippen molar-refractivity contribution in [3.05, 3.63) is 76.7 Å². The molecule has 2 aliphatic rings. The van der Waals surface area contributed by atoms with Crippen molar-refractivity contribution < 1.29 is 22.8 Å². The molecule has 3 N–H and O–H groups in total. The summed E-state index contributed by atoms with van der Waals surface area (Å²) in [6, 6.07) is 9.03. The molecule has 1 aliphatic heterocycles. The molecule has 9 nitrogen and oxygen atoms in total. The fraction of sp³-hybridized carbons (Fsp3) is 0.419. The van der Waals surface area contributed by atoms with Crippen LogP contribution in [0.3, 0.4) is 0 Å². The number of anilines is 3. The molecule has 0 unspecified atom stereocenters. The van der Waals surface area contributed by atoms with Crippen LogP contribution >= 0.6 is 0 Å². The largest absolute Gasteiger partial charge is 0.416 e. The number of likely N-dealkylation sites (N-methyl/N-ethyl adjacent to an activating group) is 1. The van der Waals surface area contributed by atoms with E-state index in [0.29, 0.717) is 36.8 Å². The van der Waals surface area contributed by atoms with E-state index in [0.717, 1.165) is 49.8 Å². The van der Waals surface area contributed by atoms with Gasteiger partial charge in [0.25, 0.3) is 5.91 Å². The highest BCUT2D eigenvalue weighted by molar-refractivity contribution is 6.04. The predicted molar refractivity (Wildman–Crippen MR) is 159 cm³/mol. The molecule has 1 saturated carbocycles. The Morgan fingerprint density at radius 3 is 2.35 bits per heavy atom. The lowest BCUT2D eigenvalue weighted by atomic mass is 10.0. The summed E-state index contributed by atoms with van der Waals surface area (Å²) in [7, 11) is 0. The minimum absolute atomic E-state index is 0.0405. The van der Waals surface area contributed by atoms with Gasteiger partial charge in [-0.15, -0.1) is 0 Å². The molecular weight excluding hydrogens is 559 g/mol. The number of alkyl halides is 3. The maximum Gasteiger partial charge on any atom is 0.416 e. The highest BCUT2D eigenvalue weighted by atomic mass is 19.4. The predicted octanol–water partition coefficient (Wildman–Crippen LogP) is 5.15. The van der Waals surface area contributed by atoms with E-state index in [1.807, 2.05) is 17.9 Å². The number of carbonyl (C=O) groups excluding carboxylic acids is 2. The lowest BCUT2D eigenvalue weighted by Gasteiger charge is -2.34. The molecule has 43 heavy (non-hydrogen) atoms. The van der Waals surface area contributed by atoms with Gasteiger partial charge in [-0.2, -0.15) is 13.2 Å². The molecule has 2 aromatic carbocycles. The molecular formula is C31H36F3N7O2. The summed E-state index contributed by atoms with van der Waals surface area (Å²) in [6.45, 7) is 8.47. The zero-order valence-electron chi connectivity index (χ0n) is 24.3. The van der Waals surface area contributed by atoms with Crippen LogP contribution in [0.2, 0.25) is 0 Å². The average Bonchev–Trinajstić information content (AvgIpc) is 3.84. The molecule has 0 spiro atoms. The maximum atomic E-state index is 14.0. The summed E-state index contributed by atoms with van der Waals surface area (Å²) >= 11 is 0. The van der Waals surface area contributed by atoms with Gasteiger partial charge in [-0.05, 0) is 61.7 Å². The van der Waals surface area contributed by atoms with E-state index in [2.05, 4.69) is 37.7 Å². The quantitative estimate of drug-likeness (QED) is 0.298. The second kappa shape index (κ2) is 13.1. The van der Waals surface area contributed by atoms with Crippen LogP contribution < -0.4 is 16.0 Å². The molecule has 0 radical (unpaired) electrons. The Morgan fingerprint density at radius 1 is 0.953 bits per heavy atom. The molecule has 3 aromatic rings. The van der Waals surface area contributed by atoms with Crippen molar-refractivity contribution >= 4 is 29.0 Å². The van der Waals surface area contributed by atoms with E-state index < -0.39 is 17.6 Å². The average molecular weight is 596 g/mol. The van der Waals surface area contributed by atoms with Gasteiger partial charge in [0, 0.05) is 55.6 Å². The van der Waals surface area contributed by atoms with Gasteiger partial charge in [0.15, 0.2) is 5.82 Å². The lowest BCUT2D eigenvalue weighted by Crippen LogP contribution is -2.45. The molecule has 1 saturated heterocycles. The Balaban J connectivity index is 1.22. The minimum Gasteiger partial charge on any atom is -0.379 e.